The van der Waals surface area contributed by atoms with Gasteiger partial charge in [-0.1, -0.05) is 12.1 Å². The third-order valence-electron chi connectivity index (χ3n) is 3.22. The summed E-state index contributed by atoms with van der Waals surface area (Å²) in [5, 5.41) is 0. The Bertz CT molecular complexity index is 787. The van der Waals surface area contributed by atoms with E-state index in [9.17, 15) is 4.79 Å². The second-order valence-electron chi connectivity index (χ2n) is 5.56. The van der Waals surface area contributed by atoms with Crippen LogP contribution in [0.25, 0.3) is 16.6 Å². The zero-order valence-corrected chi connectivity index (χ0v) is 10.8. The third-order valence-corrected chi connectivity index (χ3v) is 3.22. The Balaban J connectivity index is 2.67. The van der Waals surface area contributed by atoms with E-state index in [0.29, 0.717) is 0 Å². The summed E-state index contributed by atoms with van der Waals surface area (Å²) in [5.41, 5.74) is 2.59. The van der Waals surface area contributed by atoms with Crippen molar-refractivity contribution in [3.63, 3.8) is 0 Å². The maximum Gasteiger partial charge on any atom is 0.275 e. The molecule has 3 nitrogen and oxygen atoms in total. The first-order valence-corrected chi connectivity index (χ1v) is 6.11. The van der Waals surface area contributed by atoms with Gasteiger partial charge >= 0.3 is 0 Å². The molecule has 3 heteroatoms. The zero-order valence-electron chi connectivity index (χ0n) is 10.8. The summed E-state index contributed by atoms with van der Waals surface area (Å²) in [5.74, 6) is 0. The molecule has 18 heavy (non-hydrogen) atoms. The minimum Gasteiger partial charge on any atom is -0.310 e. The Morgan fingerprint density at radius 1 is 0.889 bits per heavy atom. The van der Waals surface area contributed by atoms with Crippen molar-refractivity contribution in [2.24, 2.45) is 0 Å². The van der Waals surface area contributed by atoms with Gasteiger partial charge in [-0.2, -0.15) is 0 Å². The van der Waals surface area contributed by atoms with Crippen LogP contribution in [0.3, 0.4) is 0 Å². The highest BCUT2D eigenvalue weighted by molar-refractivity contribution is 5.79. The SMILES string of the molecule is CC(C)(C)n1c(=O)c2cccn2c2ccccc21. The van der Waals surface area contributed by atoms with Gasteiger partial charge in [0, 0.05) is 11.7 Å². The van der Waals surface area contributed by atoms with Gasteiger partial charge in [-0.05, 0) is 45.0 Å². The van der Waals surface area contributed by atoms with Crippen LogP contribution in [-0.2, 0) is 5.54 Å². The molecule has 0 unspecified atom stereocenters. The molecular formula is C15H16N2O. The van der Waals surface area contributed by atoms with E-state index in [1.165, 1.54) is 0 Å². The molecule has 2 aromatic heterocycles. The van der Waals surface area contributed by atoms with Crippen LogP contribution in [0.15, 0.2) is 47.4 Å². The van der Waals surface area contributed by atoms with Gasteiger partial charge in [0.05, 0.1) is 11.0 Å². The molecule has 1 aromatic carbocycles. The van der Waals surface area contributed by atoms with Crippen molar-refractivity contribution >= 4 is 16.6 Å². The summed E-state index contributed by atoms with van der Waals surface area (Å²) in [4.78, 5) is 12.6. The minimum atomic E-state index is -0.233. The Morgan fingerprint density at radius 3 is 2.17 bits per heavy atom. The largest absolute Gasteiger partial charge is 0.310 e. The van der Waals surface area contributed by atoms with E-state index in [0.717, 1.165) is 16.6 Å². The fourth-order valence-electron chi connectivity index (χ4n) is 2.51. The number of hydrogen-bond acceptors (Lipinski definition) is 1. The van der Waals surface area contributed by atoms with E-state index in [1.807, 2.05) is 51.6 Å². The van der Waals surface area contributed by atoms with Gasteiger partial charge in [0.1, 0.15) is 5.52 Å². The first kappa shape index (κ1) is 11.1. The van der Waals surface area contributed by atoms with Crippen LogP contribution in [-0.4, -0.2) is 8.97 Å². The van der Waals surface area contributed by atoms with E-state index >= 15 is 0 Å². The van der Waals surface area contributed by atoms with Crippen LogP contribution in [0.1, 0.15) is 20.8 Å². The van der Waals surface area contributed by atoms with Crippen molar-refractivity contribution in [2.45, 2.75) is 26.3 Å². The van der Waals surface area contributed by atoms with Crippen molar-refractivity contribution in [3.8, 4) is 0 Å². The number of hydrogen-bond donors (Lipinski definition) is 0. The molecule has 3 aromatic rings. The number of rotatable bonds is 0. The lowest BCUT2D eigenvalue weighted by Gasteiger charge is -2.25. The number of aromatic nitrogens is 2. The lowest BCUT2D eigenvalue weighted by atomic mass is 10.1. The molecule has 0 saturated carbocycles. The highest BCUT2D eigenvalue weighted by Crippen LogP contribution is 2.21. The van der Waals surface area contributed by atoms with Crippen molar-refractivity contribution in [1.29, 1.82) is 0 Å². The van der Waals surface area contributed by atoms with Gasteiger partial charge in [0.2, 0.25) is 0 Å². The summed E-state index contributed by atoms with van der Waals surface area (Å²) in [6.45, 7) is 6.17. The van der Waals surface area contributed by atoms with Crippen molar-refractivity contribution in [1.82, 2.24) is 8.97 Å². The average Bonchev–Trinajstić information content (AvgIpc) is 2.77. The smallest absolute Gasteiger partial charge is 0.275 e. The highest BCUT2D eigenvalue weighted by Gasteiger charge is 2.19. The second-order valence-corrected chi connectivity index (χ2v) is 5.56. The lowest BCUT2D eigenvalue weighted by molar-refractivity contribution is 0.399. The van der Waals surface area contributed by atoms with Crippen molar-refractivity contribution < 1.29 is 0 Å². The fraction of sp³-hybridized carbons (Fsp3) is 0.267. The van der Waals surface area contributed by atoms with E-state index in [-0.39, 0.29) is 11.1 Å². The Morgan fingerprint density at radius 2 is 1.50 bits per heavy atom. The predicted molar refractivity (Wildman–Crippen MR) is 74.2 cm³/mol. The minimum absolute atomic E-state index is 0.0613. The molecule has 92 valence electrons. The summed E-state index contributed by atoms with van der Waals surface area (Å²) < 4.78 is 3.83. The van der Waals surface area contributed by atoms with E-state index in [1.54, 1.807) is 0 Å². The van der Waals surface area contributed by atoms with Crippen LogP contribution in [0.2, 0.25) is 0 Å². The summed E-state index contributed by atoms with van der Waals surface area (Å²) >= 11 is 0. The zero-order chi connectivity index (χ0) is 12.9. The topological polar surface area (TPSA) is 26.4 Å². The molecular weight excluding hydrogens is 224 g/mol. The summed E-state index contributed by atoms with van der Waals surface area (Å²) in [6, 6.07) is 11.8. The van der Waals surface area contributed by atoms with Crippen molar-refractivity contribution in [2.75, 3.05) is 0 Å². The molecule has 0 atom stereocenters. The third kappa shape index (κ3) is 1.40. The van der Waals surface area contributed by atoms with Crippen LogP contribution in [0.5, 0.6) is 0 Å². The molecule has 0 aliphatic carbocycles. The maximum atomic E-state index is 12.6. The molecule has 0 fully saturated rings. The monoisotopic (exact) mass is 240 g/mol. The quantitative estimate of drug-likeness (QED) is 0.593. The predicted octanol–water partition coefficient (Wildman–Crippen LogP) is 3.01. The van der Waals surface area contributed by atoms with Crippen LogP contribution < -0.4 is 5.56 Å². The average molecular weight is 240 g/mol. The molecule has 0 bridgehead atoms. The molecule has 0 aliphatic rings. The Hall–Kier alpha value is -2.03. The Labute approximate surface area is 105 Å². The Kier molecular flexibility index (Phi) is 2.14. The van der Waals surface area contributed by atoms with Gasteiger partial charge in [-0.15, -0.1) is 0 Å². The van der Waals surface area contributed by atoms with E-state index in [2.05, 4.69) is 20.8 Å². The van der Waals surface area contributed by atoms with Gasteiger partial charge < -0.3 is 4.40 Å². The van der Waals surface area contributed by atoms with Gasteiger partial charge in [-0.3, -0.25) is 9.36 Å². The van der Waals surface area contributed by atoms with Gasteiger partial charge in [0.25, 0.3) is 5.56 Å². The van der Waals surface area contributed by atoms with Crippen LogP contribution in [0.4, 0.5) is 0 Å². The first-order chi connectivity index (χ1) is 8.50. The normalized spacial score (nSPS) is 12.4. The standard InChI is InChI=1S/C15H16N2O/c1-15(2,3)17-12-8-5-4-7-11(12)16-10-6-9-13(16)14(17)18/h4-10H,1-3H3. The maximum absolute atomic E-state index is 12.6. The summed E-state index contributed by atoms with van der Waals surface area (Å²) in [6.07, 6.45) is 1.94. The van der Waals surface area contributed by atoms with Gasteiger partial charge in [0.15, 0.2) is 0 Å². The summed E-state index contributed by atoms with van der Waals surface area (Å²) in [7, 11) is 0. The van der Waals surface area contributed by atoms with Crippen molar-refractivity contribution in [3.05, 3.63) is 52.9 Å². The first-order valence-electron chi connectivity index (χ1n) is 6.11. The highest BCUT2D eigenvalue weighted by atomic mass is 16.1. The lowest BCUT2D eigenvalue weighted by Crippen LogP contribution is -2.34. The molecule has 2 heterocycles. The van der Waals surface area contributed by atoms with E-state index in [4.69, 9.17) is 0 Å². The molecule has 3 rings (SSSR count). The van der Waals surface area contributed by atoms with Crippen LogP contribution in [0, 0.1) is 0 Å². The number of nitrogens with zero attached hydrogens (tertiary/aromatic N) is 2. The van der Waals surface area contributed by atoms with E-state index < -0.39 is 0 Å². The number of fused-ring (bicyclic) bond motifs is 3. The molecule has 0 amide bonds. The van der Waals surface area contributed by atoms with Crippen LogP contribution >= 0.6 is 0 Å². The molecule has 0 saturated heterocycles. The van der Waals surface area contributed by atoms with Gasteiger partial charge in [-0.25, -0.2) is 0 Å². The molecule has 0 N–H and O–H groups in total. The molecule has 0 spiro atoms. The second kappa shape index (κ2) is 3.48. The molecule has 0 radical (unpaired) electrons. The number of para-hydroxylation sites is 2. The molecule has 0 aliphatic heterocycles. The number of benzene rings is 1. The fourth-order valence-corrected chi connectivity index (χ4v) is 2.51.